The van der Waals surface area contributed by atoms with Gasteiger partial charge in [-0.15, -0.1) is 0 Å². The van der Waals surface area contributed by atoms with Gasteiger partial charge in [0.2, 0.25) is 0 Å². The molecular formula is C20H28O4. The number of cyclic esters (lactones) is 1. The van der Waals surface area contributed by atoms with E-state index in [1.807, 2.05) is 13.0 Å². The van der Waals surface area contributed by atoms with E-state index in [9.17, 15) is 9.59 Å². The smallest absolute Gasteiger partial charge is 0.334 e. The molecule has 2 rings (SSSR count). The Kier molecular flexibility index (Phi) is 5.68. The van der Waals surface area contributed by atoms with Gasteiger partial charge in [0.15, 0.2) is 0 Å². The van der Waals surface area contributed by atoms with Gasteiger partial charge in [-0.05, 0) is 62.4 Å². The molecule has 1 heterocycles. The zero-order valence-corrected chi connectivity index (χ0v) is 14.8. The minimum Gasteiger partial charge on any atom is -0.481 e. The predicted molar refractivity (Wildman–Crippen MR) is 93.4 cm³/mol. The Labute approximate surface area is 144 Å². The summed E-state index contributed by atoms with van der Waals surface area (Å²) in [6.07, 6.45) is 5.98. The molecule has 1 aliphatic carbocycles. The molecule has 0 radical (unpaired) electrons. The van der Waals surface area contributed by atoms with Crippen LogP contribution >= 0.6 is 0 Å². The van der Waals surface area contributed by atoms with Crippen LogP contribution < -0.4 is 0 Å². The van der Waals surface area contributed by atoms with E-state index in [-0.39, 0.29) is 29.6 Å². The Morgan fingerprint density at radius 3 is 2.75 bits per heavy atom. The Balaban J connectivity index is 2.20. The topological polar surface area (TPSA) is 63.6 Å². The first-order valence-electron chi connectivity index (χ1n) is 8.66. The van der Waals surface area contributed by atoms with Gasteiger partial charge < -0.3 is 9.84 Å². The molecule has 0 saturated heterocycles. The molecule has 1 N–H and O–H groups in total. The van der Waals surface area contributed by atoms with Crippen LogP contribution in [0.4, 0.5) is 0 Å². The third-order valence-corrected chi connectivity index (χ3v) is 5.82. The summed E-state index contributed by atoms with van der Waals surface area (Å²) in [4.78, 5) is 22.8. The van der Waals surface area contributed by atoms with Crippen molar-refractivity contribution in [2.24, 2.45) is 17.3 Å². The SMILES string of the molecule is C=C(C)C1CCC(=C)C(CCC2=CCOC2=O)C1(C)CCC(=O)O. The van der Waals surface area contributed by atoms with Gasteiger partial charge in [0.1, 0.15) is 6.61 Å². The van der Waals surface area contributed by atoms with Crippen molar-refractivity contribution in [1.29, 1.82) is 0 Å². The van der Waals surface area contributed by atoms with E-state index in [1.165, 1.54) is 5.57 Å². The molecule has 4 nitrogen and oxygen atoms in total. The Hall–Kier alpha value is -1.84. The van der Waals surface area contributed by atoms with E-state index >= 15 is 0 Å². The number of hydrogen-bond acceptors (Lipinski definition) is 3. The lowest BCUT2D eigenvalue weighted by Crippen LogP contribution is -2.41. The predicted octanol–water partition coefficient (Wildman–Crippen LogP) is 4.28. The van der Waals surface area contributed by atoms with Crippen molar-refractivity contribution in [3.63, 3.8) is 0 Å². The first-order valence-corrected chi connectivity index (χ1v) is 8.66. The monoisotopic (exact) mass is 332 g/mol. The highest BCUT2D eigenvalue weighted by molar-refractivity contribution is 5.90. The molecule has 0 spiro atoms. The molecule has 0 amide bonds. The second-order valence-corrected chi connectivity index (χ2v) is 7.41. The molecule has 1 fully saturated rings. The van der Waals surface area contributed by atoms with Gasteiger partial charge >= 0.3 is 11.9 Å². The second-order valence-electron chi connectivity index (χ2n) is 7.41. The molecule has 1 saturated carbocycles. The summed E-state index contributed by atoms with van der Waals surface area (Å²) in [6.45, 7) is 13.0. The van der Waals surface area contributed by atoms with Gasteiger partial charge in [0.25, 0.3) is 0 Å². The fraction of sp³-hybridized carbons (Fsp3) is 0.600. The van der Waals surface area contributed by atoms with E-state index < -0.39 is 5.97 Å². The van der Waals surface area contributed by atoms with Crippen LogP contribution in [0.25, 0.3) is 0 Å². The van der Waals surface area contributed by atoms with Crippen molar-refractivity contribution >= 4 is 11.9 Å². The number of ether oxygens (including phenoxy) is 1. The summed E-state index contributed by atoms with van der Waals surface area (Å²) in [5.74, 6) is -0.507. The van der Waals surface area contributed by atoms with Crippen molar-refractivity contribution in [1.82, 2.24) is 0 Å². The average Bonchev–Trinajstić information content (AvgIpc) is 2.90. The second kappa shape index (κ2) is 7.37. The van der Waals surface area contributed by atoms with E-state index in [4.69, 9.17) is 9.84 Å². The molecule has 24 heavy (non-hydrogen) atoms. The Morgan fingerprint density at radius 2 is 2.21 bits per heavy atom. The largest absolute Gasteiger partial charge is 0.481 e. The molecule has 0 bridgehead atoms. The Morgan fingerprint density at radius 1 is 1.50 bits per heavy atom. The summed E-state index contributed by atoms with van der Waals surface area (Å²) >= 11 is 0. The van der Waals surface area contributed by atoms with Gasteiger partial charge in [0.05, 0.1) is 0 Å². The summed E-state index contributed by atoms with van der Waals surface area (Å²) in [7, 11) is 0. The summed E-state index contributed by atoms with van der Waals surface area (Å²) in [5.41, 5.74) is 2.84. The average molecular weight is 332 g/mol. The van der Waals surface area contributed by atoms with Gasteiger partial charge in [-0.1, -0.05) is 31.2 Å². The lowest BCUT2D eigenvalue weighted by Gasteiger charge is -2.49. The maximum Gasteiger partial charge on any atom is 0.334 e. The van der Waals surface area contributed by atoms with Crippen molar-refractivity contribution in [3.05, 3.63) is 36.0 Å². The molecule has 0 aromatic heterocycles. The quantitative estimate of drug-likeness (QED) is 0.558. The number of aliphatic carboxylic acids is 1. The van der Waals surface area contributed by atoms with E-state index in [2.05, 4.69) is 20.1 Å². The number of carbonyl (C=O) groups excluding carboxylic acids is 1. The van der Waals surface area contributed by atoms with Crippen LogP contribution in [0, 0.1) is 17.3 Å². The van der Waals surface area contributed by atoms with E-state index in [1.54, 1.807) is 0 Å². The third kappa shape index (κ3) is 3.80. The lowest BCUT2D eigenvalue weighted by atomic mass is 9.55. The number of rotatable bonds is 7. The molecule has 3 unspecified atom stereocenters. The van der Waals surface area contributed by atoms with Crippen molar-refractivity contribution in [3.8, 4) is 0 Å². The maximum atomic E-state index is 11.7. The highest BCUT2D eigenvalue weighted by atomic mass is 16.5. The molecule has 4 heteroatoms. The molecule has 1 aliphatic heterocycles. The number of carboxylic acids is 1. The van der Waals surface area contributed by atoms with Crippen molar-refractivity contribution in [2.45, 2.75) is 52.4 Å². The molecule has 2 aliphatic rings. The van der Waals surface area contributed by atoms with E-state index in [0.717, 1.165) is 30.4 Å². The summed E-state index contributed by atoms with van der Waals surface area (Å²) < 4.78 is 4.98. The Bertz CT molecular complexity index is 586. The van der Waals surface area contributed by atoms with Crippen molar-refractivity contribution in [2.75, 3.05) is 6.61 Å². The van der Waals surface area contributed by atoms with Gasteiger partial charge in [-0.2, -0.15) is 0 Å². The van der Waals surface area contributed by atoms with Crippen LogP contribution in [0.15, 0.2) is 36.0 Å². The standard InChI is InChI=1S/C20H28O4/c1-13(2)16-7-5-14(3)17(20(16,4)11-9-18(21)22)8-6-15-10-12-24-19(15)23/h10,16-17H,1,3,5-9,11-12H2,2,4H3,(H,21,22). The summed E-state index contributed by atoms with van der Waals surface area (Å²) in [5, 5.41) is 9.16. The summed E-state index contributed by atoms with van der Waals surface area (Å²) in [6, 6.07) is 0. The fourth-order valence-electron chi connectivity index (χ4n) is 4.51. The van der Waals surface area contributed by atoms with Gasteiger partial charge in [-0.25, -0.2) is 4.79 Å². The fourth-order valence-corrected chi connectivity index (χ4v) is 4.51. The molecule has 3 atom stereocenters. The number of hydrogen-bond donors (Lipinski definition) is 1. The van der Waals surface area contributed by atoms with Crippen LogP contribution in [0.2, 0.25) is 0 Å². The lowest BCUT2D eigenvalue weighted by molar-refractivity contribution is -0.138. The molecule has 0 aromatic carbocycles. The van der Waals surface area contributed by atoms with Crippen LogP contribution in [0.1, 0.15) is 52.4 Å². The van der Waals surface area contributed by atoms with E-state index in [0.29, 0.717) is 19.4 Å². The highest BCUT2D eigenvalue weighted by Crippen LogP contribution is 2.54. The zero-order chi connectivity index (χ0) is 17.9. The first kappa shape index (κ1) is 18.5. The highest BCUT2D eigenvalue weighted by Gasteiger charge is 2.45. The molecule has 0 aromatic rings. The number of esters is 1. The van der Waals surface area contributed by atoms with Gasteiger partial charge in [-0.3, -0.25) is 4.79 Å². The van der Waals surface area contributed by atoms with Crippen LogP contribution in [-0.2, 0) is 14.3 Å². The normalized spacial score (nSPS) is 30.0. The van der Waals surface area contributed by atoms with Gasteiger partial charge in [0, 0.05) is 12.0 Å². The molecule has 132 valence electrons. The van der Waals surface area contributed by atoms with Crippen LogP contribution in [0.3, 0.4) is 0 Å². The first-order chi connectivity index (χ1) is 11.3. The third-order valence-electron chi connectivity index (χ3n) is 5.82. The number of allylic oxidation sites excluding steroid dienone is 2. The number of carbonyl (C=O) groups is 2. The minimum atomic E-state index is -0.770. The maximum absolute atomic E-state index is 11.7. The zero-order valence-electron chi connectivity index (χ0n) is 14.8. The number of carboxylic acid groups (broad SMARTS) is 1. The van der Waals surface area contributed by atoms with Crippen LogP contribution in [-0.4, -0.2) is 23.7 Å². The van der Waals surface area contributed by atoms with Crippen LogP contribution in [0.5, 0.6) is 0 Å². The minimum absolute atomic E-state index is 0.148. The van der Waals surface area contributed by atoms with Crippen molar-refractivity contribution < 1.29 is 19.4 Å². The molecular weight excluding hydrogens is 304 g/mol.